The predicted molar refractivity (Wildman–Crippen MR) is 68.1 cm³/mol. The average Bonchev–Trinajstić information content (AvgIpc) is 2.88. The summed E-state index contributed by atoms with van der Waals surface area (Å²) in [6.07, 6.45) is 3.72. The van der Waals surface area contributed by atoms with Crippen LogP contribution in [-0.4, -0.2) is 15.2 Å². The molecule has 0 spiro atoms. The van der Waals surface area contributed by atoms with Crippen LogP contribution < -0.4 is 16.1 Å². The second kappa shape index (κ2) is 3.52. The number of H-pyrrole nitrogens is 3. The molecule has 2 heterocycles. The molecule has 0 bridgehead atoms. The fraction of sp³-hybridized carbons (Fsp3) is 0. The van der Waals surface area contributed by atoms with Gasteiger partial charge in [-0.1, -0.05) is 24.8 Å². The van der Waals surface area contributed by atoms with E-state index in [1.54, 1.807) is 0 Å². The summed E-state index contributed by atoms with van der Waals surface area (Å²) in [6, 6.07) is 7.96. The minimum Gasteiger partial charge on any atom is -0.361 e. The fourth-order valence-corrected chi connectivity index (χ4v) is 1.93. The van der Waals surface area contributed by atoms with Crippen molar-refractivity contribution < 1.29 is 0 Å². The largest absolute Gasteiger partial charge is 0.361 e. The Labute approximate surface area is 96.3 Å². The molecule has 0 unspecified atom stereocenters. The summed E-state index contributed by atoms with van der Waals surface area (Å²) in [5, 5.41) is 7.47. The van der Waals surface area contributed by atoms with Crippen LogP contribution in [0, 0.1) is 0 Å². The van der Waals surface area contributed by atoms with E-state index in [1.807, 2.05) is 36.5 Å². The molecule has 0 aliphatic rings. The molecule has 4 heteroatoms. The number of aromatic nitrogens is 3. The molecule has 2 aromatic heterocycles. The molecule has 17 heavy (non-hydrogen) atoms. The fourth-order valence-electron chi connectivity index (χ4n) is 1.93. The minimum atomic E-state index is -0.153. The molecule has 4 nitrogen and oxygen atoms in total. The van der Waals surface area contributed by atoms with Gasteiger partial charge in [0.2, 0.25) is 0 Å². The number of para-hydroxylation sites is 1. The Kier molecular flexibility index (Phi) is 2.01. The second-order valence-electron chi connectivity index (χ2n) is 3.91. The van der Waals surface area contributed by atoms with Crippen molar-refractivity contribution in [1.29, 1.82) is 0 Å². The van der Waals surface area contributed by atoms with Crippen molar-refractivity contribution in [3.8, 4) is 0 Å². The lowest BCUT2D eigenvalue weighted by Gasteiger charge is -1.89. The number of benzene rings is 1. The van der Waals surface area contributed by atoms with E-state index in [2.05, 4.69) is 21.8 Å². The van der Waals surface area contributed by atoms with E-state index in [0.29, 0.717) is 10.6 Å². The zero-order valence-corrected chi connectivity index (χ0v) is 9.08. The topological polar surface area (TPSA) is 64.4 Å². The normalized spacial score (nSPS) is 12.4. The zero-order valence-electron chi connectivity index (χ0n) is 9.08. The van der Waals surface area contributed by atoms with E-state index >= 15 is 0 Å². The van der Waals surface area contributed by atoms with Crippen molar-refractivity contribution in [2.24, 2.45) is 0 Å². The summed E-state index contributed by atoms with van der Waals surface area (Å²) < 4.78 is 0. The van der Waals surface area contributed by atoms with Gasteiger partial charge in [0.05, 0.1) is 10.6 Å². The Hall–Kier alpha value is -2.49. The van der Waals surface area contributed by atoms with Gasteiger partial charge in [-0.2, -0.15) is 0 Å². The second-order valence-corrected chi connectivity index (χ2v) is 3.91. The summed E-state index contributed by atoms with van der Waals surface area (Å²) in [5.41, 5.74) is 1.88. The Morgan fingerprint density at radius 1 is 1.18 bits per heavy atom. The molecule has 0 atom stereocenters. The van der Waals surface area contributed by atoms with E-state index in [9.17, 15) is 4.79 Å². The van der Waals surface area contributed by atoms with Crippen LogP contribution in [0.3, 0.4) is 0 Å². The van der Waals surface area contributed by atoms with E-state index < -0.39 is 0 Å². The van der Waals surface area contributed by atoms with Crippen LogP contribution in [0.2, 0.25) is 0 Å². The monoisotopic (exact) mass is 225 g/mol. The number of fused-ring (bicyclic) bond motifs is 1. The summed E-state index contributed by atoms with van der Waals surface area (Å²) >= 11 is 0. The van der Waals surface area contributed by atoms with Gasteiger partial charge >= 0.3 is 0 Å². The maximum absolute atomic E-state index is 11.5. The lowest BCUT2D eigenvalue weighted by atomic mass is 10.1. The predicted octanol–water partition coefficient (Wildman–Crippen LogP) is 0.423. The quantitative estimate of drug-likeness (QED) is 0.552. The molecular formula is C13H11N3O. The van der Waals surface area contributed by atoms with Crippen LogP contribution in [0.4, 0.5) is 0 Å². The molecule has 1 aromatic carbocycles. The maximum atomic E-state index is 11.5. The van der Waals surface area contributed by atoms with Gasteiger partial charge in [-0.3, -0.25) is 15.0 Å². The van der Waals surface area contributed by atoms with Crippen LogP contribution in [0.25, 0.3) is 23.6 Å². The number of rotatable bonds is 1. The van der Waals surface area contributed by atoms with E-state index in [-0.39, 0.29) is 5.56 Å². The molecular weight excluding hydrogens is 214 g/mol. The van der Waals surface area contributed by atoms with Crippen molar-refractivity contribution in [2.45, 2.75) is 0 Å². The summed E-state index contributed by atoms with van der Waals surface area (Å²) in [4.78, 5) is 14.7. The van der Waals surface area contributed by atoms with Crippen LogP contribution >= 0.6 is 0 Å². The summed E-state index contributed by atoms with van der Waals surface area (Å²) in [5.74, 6) is 0. The Balaban J connectivity index is 2.35. The van der Waals surface area contributed by atoms with Crippen molar-refractivity contribution in [1.82, 2.24) is 15.2 Å². The molecule has 0 saturated carbocycles. The lowest BCUT2D eigenvalue weighted by molar-refractivity contribution is 1.04. The SMILES string of the molecule is C=c1[nH][nH]c(=O)c1=Cc1c[nH]c2ccccc12. The molecule has 3 N–H and O–H groups in total. The molecule has 0 aliphatic heterocycles. The zero-order chi connectivity index (χ0) is 11.8. The highest BCUT2D eigenvalue weighted by Gasteiger charge is 2.00. The number of hydrogen-bond donors (Lipinski definition) is 3. The Morgan fingerprint density at radius 3 is 2.76 bits per heavy atom. The molecule has 0 saturated heterocycles. The van der Waals surface area contributed by atoms with Crippen LogP contribution in [-0.2, 0) is 0 Å². The molecule has 3 rings (SSSR count). The van der Waals surface area contributed by atoms with Crippen molar-refractivity contribution >= 4 is 23.6 Å². The molecule has 0 aliphatic carbocycles. The molecule has 84 valence electrons. The van der Waals surface area contributed by atoms with E-state index in [1.165, 1.54) is 0 Å². The van der Waals surface area contributed by atoms with Crippen LogP contribution in [0.5, 0.6) is 0 Å². The van der Waals surface area contributed by atoms with Crippen molar-refractivity contribution in [3.63, 3.8) is 0 Å². The third-order valence-corrected chi connectivity index (χ3v) is 2.82. The Bertz CT molecular complexity index is 805. The molecule has 3 aromatic rings. The number of hydrogen-bond acceptors (Lipinski definition) is 1. The molecule has 0 fully saturated rings. The minimum absolute atomic E-state index is 0.153. The highest BCUT2D eigenvalue weighted by Crippen LogP contribution is 2.17. The first kappa shape index (κ1) is 9.72. The van der Waals surface area contributed by atoms with Gasteiger partial charge in [-0.25, -0.2) is 0 Å². The first-order valence-corrected chi connectivity index (χ1v) is 5.29. The van der Waals surface area contributed by atoms with Crippen LogP contribution in [0.15, 0.2) is 35.3 Å². The number of aromatic amines is 3. The van der Waals surface area contributed by atoms with Crippen molar-refractivity contribution in [3.05, 3.63) is 56.9 Å². The first-order valence-electron chi connectivity index (χ1n) is 5.29. The van der Waals surface area contributed by atoms with Gasteiger partial charge in [-0.15, -0.1) is 0 Å². The van der Waals surface area contributed by atoms with Gasteiger partial charge < -0.3 is 4.98 Å². The highest BCUT2D eigenvalue weighted by atomic mass is 16.1. The van der Waals surface area contributed by atoms with E-state index in [4.69, 9.17) is 0 Å². The first-order chi connectivity index (χ1) is 8.25. The van der Waals surface area contributed by atoms with Gasteiger partial charge in [0.15, 0.2) is 0 Å². The lowest BCUT2D eigenvalue weighted by Crippen LogP contribution is -2.32. The number of nitrogens with one attached hydrogen (secondary N) is 3. The summed E-state index contributed by atoms with van der Waals surface area (Å²) in [6.45, 7) is 3.77. The smallest absolute Gasteiger partial charge is 0.271 e. The standard InChI is InChI=1S/C13H11N3O/c1-8-11(13(17)16-15-8)6-9-7-14-12-5-3-2-4-10(9)12/h2-7,14-15H,1H2,(H,16,17). The van der Waals surface area contributed by atoms with Gasteiger partial charge in [0.25, 0.3) is 5.56 Å². The molecule has 0 radical (unpaired) electrons. The average molecular weight is 225 g/mol. The van der Waals surface area contributed by atoms with Gasteiger partial charge in [0, 0.05) is 22.7 Å². The third kappa shape index (κ3) is 1.50. The molecule has 0 amide bonds. The van der Waals surface area contributed by atoms with Crippen LogP contribution in [0.1, 0.15) is 5.56 Å². The third-order valence-electron chi connectivity index (χ3n) is 2.82. The maximum Gasteiger partial charge on any atom is 0.271 e. The highest BCUT2D eigenvalue weighted by molar-refractivity contribution is 5.88. The Morgan fingerprint density at radius 2 is 2.00 bits per heavy atom. The summed E-state index contributed by atoms with van der Waals surface area (Å²) in [7, 11) is 0. The van der Waals surface area contributed by atoms with Gasteiger partial charge in [0.1, 0.15) is 0 Å². The van der Waals surface area contributed by atoms with Gasteiger partial charge in [-0.05, 0) is 12.1 Å². The van der Waals surface area contributed by atoms with E-state index in [0.717, 1.165) is 16.5 Å². The van der Waals surface area contributed by atoms with Crippen molar-refractivity contribution in [2.75, 3.05) is 0 Å².